The first kappa shape index (κ1) is 22.6. The van der Waals surface area contributed by atoms with Crippen molar-refractivity contribution in [2.24, 2.45) is 0 Å². The highest BCUT2D eigenvalue weighted by Gasteiger charge is 2.24. The topological polar surface area (TPSA) is 123 Å². The van der Waals surface area contributed by atoms with E-state index >= 15 is 0 Å². The number of nitrogens with zero attached hydrogens (tertiary/aromatic N) is 6. The van der Waals surface area contributed by atoms with Gasteiger partial charge in [-0.25, -0.2) is 9.67 Å². The van der Waals surface area contributed by atoms with Crippen LogP contribution in [0.2, 0.25) is 0 Å². The van der Waals surface area contributed by atoms with Crippen LogP contribution in [0.25, 0.3) is 28.4 Å². The number of carbonyl (C=O) groups excluding carboxylic acids is 1. The van der Waals surface area contributed by atoms with Gasteiger partial charge in [-0.05, 0) is 31.9 Å². The van der Waals surface area contributed by atoms with Crippen LogP contribution in [0.3, 0.4) is 0 Å². The summed E-state index contributed by atoms with van der Waals surface area (Å²) in [5, 5.41) is 7.78. The molecule has 2 aliphatic rings. The largest absolute Gasteiger partial charge is 0.381 e. The number of H-pyrrole nitrogens is 1. The summed E-state index contributed by atoms with van der Waals surface area (Å²) in [5.41, 5.74) is 4.07. The molecule has 2 aliphatic heterocycles. The van der Waals surface area contributed by atoms with Crippen molar-refractivity contribution in [2.75, 3.05) is 44.4 Å². The molecule has 0 radical (unpaired) electrons. The molecule has 0 aliphatic carbocycles. The molecule has 0 atom stereocenters. The third-order valence-corrected chi connectivity index (χ3v) is 6.51. The van der Waals surface area contributed by atoms with Gasteiger partial charge in [0.15, 0.2) is 17.3 Å². The molecule has 3 aromatic heterocycles. The van der Waals surface area contributed by atoms with Gasteiger partial charge in [-0.3, -0.25) is 4.79 Å². The molecule has 11 nitrogen and oxygen atoms in total. The monoisotopic (exact) mass is 488 g/mol. The molecule has 1 aromatic carbocycles. The maximum absolute atomic E-state index is 13.0. The van der Waals surface area contributed by atoms with E-state index < -0.39 is 0 Å². The van der Waals surface area contributed by atoms with Gasteiger partial charge in [-0.15, -0.1) is 0 Å². The Morgan fingerprint density at radius 3 is 2.67 bits per heavy atom. The number of fused-ring (bicyclic) bond motifs is 1. The Bertz CT molecular complexity index is 1390. The zero-order valence-electron chi connectivity index (χ0n) is 20.1. The summed E-state index contributed by atoms with van der Waals surface area (Å²) >= 11 is 0. The highest BCUT2D eigenvalue weighted by Crippen LogP contribution is 2.25. The SMILES string of the molecule is Cc1cccc(-c2ccn(-c3nc(N4CCOCC4)c4[nH]c(C(=O)NC5CCOCC5)nc4n3)n2)c1. The van der Waals surface area contributed by atoms with Crippen LogP contribution in [0, 0.1) is 6.92 Å². The Morgan fingerprint density at radius 1 is 1.06 bits per heavy atom. The number of carbonyl (C=O) groups is 1. The molecule has 2 N–H and O–H groups in total. The van der Waals surface area contributed by atoms with Crippen molar-refractivity contribution in [1.82, 2.24) is 35.0 Å². The van der Waals surface area contributed by atoms with Crippen LogP contribution >= 0.6 is 0 Å². The number of hydrogen-bond acceptors (Lipinski definition) is 8. The summed E-state index contributed by atoms with van der Waals surface area (Å²) in [6.45, 7) is 5.92. The molecular weight excluding hydrogens is 460 g/mol. The normalized spacial score (nSPS) is 17.0. The van der Waals surface area contributed by atoms with Crippen LogP contribution in [0.4, 0.5) is 5.82 Å². The average molecular weight is 489 g/mol. The Hall–Kier alpha value is -3.83. The van der Waals surface area contributed by atoms with E-state index in [0.717, 1.165) is 29.7 Å². The minimum absolute atomic E-state index is 0.0731. The Morgan fingerprint density at radius 2 is 1.86 bits per heavy atom. The summed E-state index contributed by atoms with van der Waals surface area (Å²) < 4.78 is 12.6. The van der Waals surface area contributed by atoms with Crippen molar-refractivity contribution in [3.8, 4) is 17.2 Å². The fourth-order valence-electron chi connectivity index (χ4n) is 4.57. The Kier molecular flexibility index (Phi) is 6.08. The standard InChI is InChI=1S/C25H28N8O3/c1-16-3-2-4-17(15-16)19-5-8-33(31-19)25-29-21-20(23(30-25)32-9-13-36-14-10-32)27-22(28-21)24(34)26-18-6-11-35-12-7-18/h2-5,8,15,18H,6-7,9-14H2,1H3,(H,26,34)(H,27,28,29,30). The van der Waals surface area contributed by atoms with Crippen molar-refractivity contribution in [3.63, 3.8) is 0 Å². The number of morpholine rings is 1. The summed E-state index contributed by atoms with van der Waals surface area (Å²) in [4.78, 5) is 32.3. The number of hydrogen-bond donors (Lipinski definition) is 2. The molecule has 6 rings (SSSR count). The van der Waals surface area contributed by atoms with E-state index in [9.17, 15) is 4.79 Å². The number of rotatable bonds is 5. The smallest absolute Gasteiger partial charge is 0.287 e. The van der Waals surface area contributed by atoms with Crippen molar-refractivity contribution in [3.05, 3.63) is 47.9 Å². The predicted molar refractivity (Wildman–Crippen MR) is 133 cm³/mol. The van der Waals surface area contributed by atoms with Gasteiger partial charge < -0.3 is 24.7 Å². The molecule has 11 heteroatoms. The third kappa shape index (κ3) is 4.54. The molecule has 5 heterocycles. The summed E-state index contributed by atoms with van der Waals surface area (Å²) in [6, 6.07) is 10.2. The number of anilines is 1. The first-order valence-electron chi connectivity index (χ1n) is 12.3. The summed E-state index contributed by atoms with van der Waals surface area (Å²) in [6.07, 6.45) is 3.42. The van der Waals surface area contributed by atoms with Crippen LogP contribution in [-0.2, 0) is 9.47 Å². The summed E-state index contributed by atoms with van der Waals surface area (Å²) in [7, 11) is 0. The van der Waals surface area contributed by atoms with Crippen molar-refractivity contribution in [2.45, 2.75) is 25.8 Å². The second kappa shape index (κ2) is 9.67. The molecule has 0 saturated carbocycles. The number of aromatic nitrogens is 6. The maximum atomic E-state index is 13.0. The number of benzene rings is 1. The first-order chi connectivity index (χ1) is 17.6. The zero-order valence-corrected chi connectivity index (χ0v) is 20.1. The lowest BCUT2D eigenvalue weighted by Crippen LogP contribution is -2.39. The van der Waals surface area contributed by atoms with Gasteiger partial charge in [0.1, 0.15) is 5.52 Å². The molecule has 36 heavy (non-hydrogen) atoms. The quantitative estimate of drug-likeness (QED) is 0.439. The van der Waals surface area contributed by atoms with E-state index in [4.69, 9.17) is 19.6 Å². The van der Waals surface area contributed by atoms with Gasteiger partial charge in [0.2, 0.25) is 0 Å². The molecule has 1 amide bonds. The number of ether oxygens (including phenoxy) is 2. The molecule has 0 spiro atoms. The Labute approximate surface area is 207 Å². The first-order valence-corrected chi connectivity index (χ1v) is 12.3. The fourth-order valence-corrected chi connectivity index (χ4v) is 4.57. The Balaban J connectivity index is 1.37. The van der Waals surface area contributed by atoms with Gasteiger partial charge in [0, 0.05) is 44.1 Å². The van der Waals surface area contributed by atoms with Crippen molar-refractivity contribution >= 4 is 22.9 Å². The highest BCUT2D eigenvalue weighted by atomic mass is 16.5. The van der Waals surface area contributed by atoms with Crippen molar-refractivity contribution < 1.29 is 14.3 Å². The zero-order chi connectivity index (χ0) is 24.5. The number of aryl methyl sites for hydroxylation is 1. The second-order valence-electron chi connectivity index (χ2n) is 9.11. The van der Waals surface area contributed by atoms with Gasteiger partial charge in [0.05, 0.1) is 18.9 Å². The van der Waals surface area contributed by atoms with E-state index in [1.807, 2.05) is 24.4 Å². The summed E-state index contributed by atoms with van der Waals surface area (Å²) in [5.74, 6) is 1.04. The number of nitrogens with one attached hydrogen (secondary N) is 2. The van der Waals surface area contributed by atoms with Crippen LogP contribution in [0.15, 0.2) is 36.5 Å². The minimum Gasteiger partial charge on any atom is -0.381 e. The van der Waals surface area contributed by atoms with Crippen LogP contribution in [0.1, 0.15) is 29.0 Å². The minimum atomic E-state index is -0.254. The van der Waals surface area contributed by atoms with Gasteiger partial charge >= 0.3 is 0 Å². The van der Waals surface area contributed by atoms with Crippen LogP contribution in [0.5, 0.6) is 0 Å². The number of aromatic amines is 1. The van der Waals surface area contributed by atoms with Crippen LogP contribution in [-0.4, -0.2) is 81.2 Å². The fraction of sp³-hybridized carbons (Fsp3) is 0.400. The third-order valence-electron chi connectivity index (χ3n) is 6.51. The van der Waals surface area contributed by atoms with Gasteiger partial charge in [-0.2, -0.15) is 15.1 Å². The van der Waals surface area contributed by atoms with Gasteiger partial charge in [0.25, 0.3) is 11.9 Å². The van der Waals surface area contributed by atoms with Crippen molar-refractivity contribution in [1.29, 1.82) is 0 Å². The van der Waals surface area contributed by atoms with E-state index in [1.54, 1.807) is 4.68 Å². The maximum Gasteiger partial charge on any atom is 0.287 e. The molecule has 186 valence electrons. The van der Waals surface area contributed by atoms with Gasteiger partial charge in [-0.1, -0.05) is 23.8 Å². The second-order valence-corrected chi connectivity index (χ2v) is 9.11. The molecule has 0 unspecified atom stereocenters. The lowest BCUT2D eigenvalue weighted by atomic mass is 10.1. The molecule has 4 aromatic rings. The van der Waals surface area contributed by atoms with E-state index in [1.165, 1.54) is 0 Å². The molecular formula is C25H28N8O3. The molecule has 0 bridgehead atoms. The average Bonchev–Trinajstić information content (AvgIpc) is 3.57. The lowest BCUT2D eigenvalue weighted by molar-refractivity contribution is 0.0692. The lowest BCUT2D eigenvalue weighted by Gasteiger charge is -2.28. The van der Waals surface area contributed by atoms with E-state index in [-0.39, 0.29) is 17.8 Å². The number of imidazole rings is 1. The predicted octanol–water partition coefficient (Wildman–Crippen LogP) is 2.26. The number of amides is 1. The van der Waals surface area contributed by atoms with Crippen LogP contribution < -0.4 is 10.2 Å². The molecule has 2 saturated heterocycles. The molecule has 2 fully saturated rings. The van der Waals surface area contributed by atoms with E-state index in [2.05, 4.69) is 44.2 Å². The van der Waals surface area contributed by atoms with E-state index in [0.29, 0.717) is 62.4 Å². The highest BCUT2D eigenvalue weighted by molar-refractivity contribution is 5.96.